The molecule has 0 saturated carbocycles. The van der Waals surface area contributed by atoms with Crippen LogP contribution in [0.4, 0.5) is 0 Å². The van der Waals surface area contributed by atoms with E-state index in [1.807, 2.05) is 43.3 Å². The van der Waals surface area contributed by atoms with Gasteiger partial charge in [-0.2, -0.15) is 0 Å². The molecule has 5 rings (SSSR count). The molecule has 0 bridgehead atoms. The summed E-state index contributed by atoms with van der Waals surface area (Å²) < 4.78 is 30.7. The van der Waals surface area contributed by atoms with Gasteiger partial charge in [-0.05, 0) is 86.4 Å². The first kappa shape index (κ1) is 34.5. The van der Waals surface area contributed by atoms with Crippen LogP contribution in [0.2, 0.25) is 5.02 Å². The number of allylic oxidation sites excluding steroid dienone is 2. The van der Waals surface area contributed by atoms with Crippen molar-refractivity contribution in [2.45, 2.75) is 39.8 Å². The van der Waals surface area contributed by atoms with Gasteiger partial charge >= 0.3 is 5.97 Å². The highest BCUT2D eigenvalue weighted by Gasteiger charge is 2.34. The van der Waals surface area contributed by atoms with Crippen molar-refractivity contribution in [2.24, 2.45) is 4.99 Å². The van der Waals surface area contributed by atoms with E-state index in [9.17, 15) is 9.59 Å². The summed E-state index contributed by atoms with van der Waals surface area (Å²) in [5.74, 6) is 1.60. The van der Waals surface area contributed by atoms with E-state index in [1.54, 1.807) is 51.3 Å². The summed E-state index contributed by atoms with van der Waals surface area (Å²) >= 11 is 7.29. The zero-order valence-electron chi connectivity index (χ0n) is 27.5. The van der Waals surface area contributed by atoms with Gasteiger partial charge in [0.15, 0.2) is 27.8 Å². The fourth-order valence-electron chi connectivity index (χ4n) is 5.52. The predicted molar refractivity (Wildman–Crippen MR) is 187 cm³/mol. The zero-order chi connectivity index (χ0) is 34.4. The van der Waals surface area contributed by atoms with E-state index in [-0.39, 0.29) is 17.7 Å². The van der Waals surface area contributed by atoms with Crippen molar-refractivity contribution in [1.29, 1.82) is 0 Å². The minimum Gasteiger partial charge on any atom is -0.493 e. The zero-order valence-corrected chi connectivity index (χ0v) is 29.1. The summed E-state index contributed by atoms with van der Waals surface area (Å²) in [7, 11) is 3.08. The van der Waals surface area contributed by atoms with Crippen LogP contribution < -0.4 is 33.8 Å². The maximum atomic E-state index is 14.3. The highest BCUT2D eigenvalue weighted by molar-refractivity contribution is 7.07. The monoisotopic (exact) mass is 688 g/mol. The average molecular weight is 689 g/mol. The van der Waals surface area contributed by atoms with Gasteiger partial charge in [-0.15, -0.1) is 6.58 Å². The average Bonchev–Trinajstić information content (AvgIpc) is 3.38. The number of nitrogens with zero attached hydrogens (tertiary/aromatic N) is 2. The van der Waals surface area contributed by atoms with Crippen LogP contribution in [0, 0.1) is 0 Å². The lowest BCUT2D eigenvalue weighted by atomic mass is 9.95. The lowest BCUT2D eigenvalue weighted by Gasteiger charge is -2.25. The van der Waals surface area contributed by atoms with Gasteiger partial charge in [0.2, 0.25) is 0 Å². The molecule has 1 atom stereocenters. The second-order valence-electron chi connectivity index (χ2n) is 10.8. The highest BCUT2D eigenvalue weighted by Crippen LogP contribution is 2.37. The third kappa shape index (κ3) is 7.19. The van der Waals surface area contributed by atoms with E-state index in [0.717, 1.165) is 16.7 Å². The Morgan fingerprint density at radius 3 is 2.42 bits per heavy atom. The molecule has 0 unspecified atom stereocenters. The third-order valence-corrected chi connectivity index (χ3v) is 8.89. The molecule has 2 heterocycles. The molecule has 0 saturated heterocycles. The molecule has 0 spiro atoms. The first-order valence-corrected chi connectivity index (χ1v) is 16.6. The molecule has 9 nitrogen and oxygen atoms in total. The van der Waals surface area contributed by atoms with Crippen molar-refractivity contribution in [3.63, 3.8) is 0 Å². The number of fused-ring (bicyclic) bond motifs is 1. The second kappa shape index (κ2) is 15.4. The van der Waals surface area contributed by atoms with Gasteiger partial charge in [-0.3, -0.25) is 9.36 Å². The Labute approximate surface area is 288 Å². The van der Waals surface area contributed by atoms with Crippen LogP contribution >= 0.6 is 22.9 Å². The first-order valence-electron chi connectivity index (χ1n) is 15.4. The number of ether oxygens (including phenoxy) is 5. The van der Waals surface area contributed by atoms with Crippen LogP contribution in [-0.2, 0) is 22.6 Å². The maximum Gasteiger partial charge on any atom is 0.338 e. The van der Waals surface area contributed by atoms with Gasteiger partial charge in [0.1, 0.15) is 6.61 Å². The number of aromatic nitrogens is 1. The Balaban J connectivity index is 1.64. The molecular weight excluding hydrogens is 652 g/mol. The van der Waals surface area contributed by atoms with Gasteiger partial charge in [0.05, 0.1) is 49.3 Å². The molecule has 3 aromatic carbocycles. The Morgan fingerprint density at radius 2 is 1.75 bits per heavy atom. The van der Waals surface area contributed by atoms with Crippen LogP contribution in [-0.4, -0.2) is 38.0 Å². The lowest BCUT2D eigenvalue weighted by molar-refractivity contribution is -0.139. The molecule has 1 aliphatic rings. The Morgan fingerprint density at radius 1 is 1.00 bits per heavy atom. The van der Waals surface area contributed by atoms with Crippen LogP contribution in [0.25, 0.3) is 6.08 Å². The number of hydrogen-bond acceptors (Lipinski definition) is 9. The molecular formula is C37H37ClN2O7S. The van der Waals surface area contributed by atoms with Crippen LogP contribution in [0.5, 0.6) is 23.0 Å². The van der Waals surface area contributed by atoms with Crippen LogP contribution in [0.3, 0.4) is 0 Å². The van der Waals surface area contributed by atoms with Crippen molar-refractivity contribution in [3.05, 3.63) is 125 Å². The quantitative estimate of drug-likeness (QED) is 0.122. The number of halogens is 1. The van der Waals surface area contributed by atoms with Crippen molar-refractivity contribution in [2.75, 3.05) is 27.4 Å². The topological polar surface area (TPSA) is 97.6 Å². The predicted octanol–water partition coefficient (Wildman–Crippen LogP) is 6.18. The third-order valence-electron chi connectivity index (χ3n) is 7.65. The largest absolute Gasteiger partial charge is 0.493 e. The molecule has 1 aliphatic heterocycles. The van der Waals surface area contributed by atoms with E-state index >= 15 is 0 Å². The number of carbonyl (C=O) groups is 1. The van der Waals surface area contributed by atoms with Crippen molar-refractivity contribution >= 4 is 35.0 Å². The fraction of sp³-hybridized carbons (Fsp3) is 0.270. The summed E-state index contributed by atoms with van der Waals surface area (Å²) in [5.41, 5.74) is 3.63. The SMILES string of the molecule is C=CCc1cc(/C=c2/sc3n(c2=O)[C@@H](c2ccc(OC)c(OC)c2)C(C(=O)OCC)=C(C)N=3)cc(OCC)c1OCc1ccc(Cl)cc1. The number of benzene rings is 3. The molecule has 0 N–H and O–H groups in total. The Kier molecular flexibility index (Phi) is 11.1. The van der Waals surface area contributed by atoms with Gasteiger partial charge in [-0.25, -0.2) is 9.79 Å². The molecule has 0 aliphatic carbocycles. The van der Waals surface area contributed by atoms with Crippen molar-refractivity contribution in [1.82, 2.24) is 4.57 Å². The van der Waals surface area contributed by atoms with Crippen molar-refractivity contribution in [3.8, 4) is 23.0 Å². The van der Waals surface area contributed by atoms with Crippen LogP contribution in [0.15, 0.2) is 88.3 Å². The van der Waals surface area contributed by atoms with Crippen molar-refractivity contribution < 1.29 is 28.5 Å². The number of carbonyl (C=O) groups excluding carboxylic acids is 1. The number of methoxy groups -OCH3 is 2. The number of esters is 1. The molecule has 0 amide bonds. The Bertz CT molecular complexity index is 2050. The summed E-state index contributed by atoms with van der Waals surface area (Å²) in [6.07, 6.45) is 4.11. The second-order valence-corrected chi connectivity index (χ2v) is 12.2. The Hall–Kier alpha value is -4.80. The number of rotatable bonds is 13. The highest BCUT2D eigenvalue weighted by atomic mass is 35.5. The van der Waals surface area contributed by atoms with Gasteiger partial charge < -0.3 is 23.7 Å². The number of hydrogen-bond donors (Lipinski definition) is 0. The van der Waals surface area contributed by atoms with Gasteiger partial charge in [0.25, 0.3) is 5.56 Å². The van der Waals surface area contributed by atoms with E-state index < -0.39 is 12.0 Å². The van der Waals surface area contributed by atoms with Gasteiger partial charge in [-0.1, -0.05) is 47.2 Å². The summed E-state index contributed by atoms with van der Waals surface area (Å²) in [6, 6.07) is 15.8. The standard InChI is InChI=1S/C37H37ClN2O7S/c1-7-10-26-17-24(18-30(45-8-2)34(26)47-21-23-11-14-27(38)15-12-23)19-31-35(41)40-33(25-13-16-28(43-5)29(20-25)44-6)32(36(42)46-9-3)22(4)39-37(40)48-31/h7,11-20,33H,1,8-10,21H2,2-6H3/b31-19+/t33-/m0/s1. The summed E-state index contributed by atoms with van der Waals surface area (Å²) in [6.45, 7) is 10.2. The van der Waals surface area contributed by atoms with E-state index in [1.165, 1.54) is 23.0 Å². The summed E-state index contributed by atoms with van der Waals surface area (Å²) in [5, 5.41) is 0.651. The molecule has 1 aromatic heterocycles. The fourth-order valence-corrected chi connectivity index (χ4v) is 6.69. The number of thiazole rings is 1. The minimum absolute atomic E-state index is 0.174. The van der Waals surface area contributed by atoms with Gasteiger partial charge in [0, 0.05) is 10.6 Å². The lowest BCUT2D eigenvalue weighted by Crippen LogP contribution is -2.40. The normalized spacial score (nSPS) is 14.2. The molecule has 0 radical (unpaired) electrons. The minimum atomic E-state index is -0.804. The van der Waals surface area contributed by atoms with E-state index in [4.69, 9.17) is 40.3 Å². The van der Waals surface area contributed by atoms with Crippen LogP contribution in [0.1, 0.15) is 49.1 Å². The smallest absolute Gasteiger partial charge is 0.338 e. The van der Waals surface area contributed by atoms with E-state index in [0.29, 0.717) is 68.2 Å². The molecule has 0 fully saturated rings. The van der Waals surface area contributed by atoms with E-state index in [2.05, 4.69) is 6.58 Å². The molecule has 250 valence electrons. The first-order chi connectivity index (χ1) is 23.2. The molecule has 4 aromatic rings. The summed E-state index contributed by atoms with van der Waals surface area (Å²) in [4.78, 5) is 32.7. The maximum absolute atomic E-state index is 14.3. The molecule has 11 heteroatoms. The molecule has 48 heavy (non-hydrogen) atoms.